The van der Waals surface area contributed by atoms with Crippen LogP contribution in [0.25, 0.3) is 21.6 Å². The third-order valence-corrected chi connectivity index (χ3v) is 18.0. The lowest BCUT2D eigenvalue weighted by Gasteiger charge is -2.44. The average molecular weight is 1350 g/mol. The van der Waals surface area contributed by atoms with Crippen molar-refractivity contribution in [3.8, 4) is 21.6 Å². The second-order valence-electron chi connectivity index (χ2n) is 25.2. The molecule has 95 heavy (non-hydrogen) atoms. The van der Waals surface area contributed by atoms with Crippen LogP contribution in [0.1, 0.15) is 73.8 Å². The molecule has 8 rings (SSSR count). The zero-order chi connectivity index (χ0) is 68.4. The Labute approximate surface area is 555 Å². The Morgan fingerprint density at radius 2 is 1.36 bits per heavy atom. The number of piperazine rings is 2. The lowest BCUT2D eigenvalue weighted by atomic mass is 9.85. The fourth-order valence-corrected chi connectivity index (χ4v) is 12.4. The quantitative estimate of drug-likeness (QED) is 0.0235. The number of thiazole rings is 1. The number of H-pyrrole nitrogens is 1. The molecule has 6 N–H and O–H groups in total. The Hall–Kier alpha value is -7.25. The first kappa shape index (κ1) is 73.6. The van der Waals surface area contributed by atoms with Gasteiger partial charge in [0.05, 0.1) is 97.5 Å². The van der Waals surface area contributed by atoms with E-state index in [1.807, 2.05) is 63.9 Å². The van der Waals surface area contributed by atoms with Gasteiger partial charge in [-0.05, 0) is 79.8 Å². The van der Waals surface area contributed by atoms with Crippen molar-refractivity contribution >= 4 is 52.2 Å². The van der Waals surface area contributed by atoms with Crippen LogP contribution >= 0.6 is 11.3 Å². The molecule has 0 aliphatic carbocycles. The number of nitrogens with zero attached hydrogens (tertiary/aromatic N) is 6. The number of likely N-dealkylation sites (N-methyl/N-ethyl adjacent to an activating group) is 1. The Balaban J connectivity index is 0.651. The van der Waals surface area contributed by atoms with Gasteiger partial charge in [0.25, 0.3) is 5.91 Å². The number of carbonyl (C=O) groups is 5. The predicted octanol–water partition coefficient (Wildman–Crippen LogP) is 5.54. The minimum Gasteiger partial charge on any atom is -0.391 e. The van der Waals surface area contributed by atoms with Crippen molar-refractivity contribution in [1.29, 1.82) is 0 Å². The van der Waals surface area contributed by atoms with E-state index in [1.165, 1.54) is 11.0 Å². The molecule has 2 aromatic heterocycles. The van der Waals surface area contributed by atoms with Gasteiger partial charge in [-0.3, -0.25) is 43.5 Å². The van der Waals surface area contributed by atoms with Gasteiger partial charge in [-0.1, -0.05) is 57.2 Å². The number of hydrogen-bond acceptors (Lipinski definition) is 18. The fraction of sp³-hybridized carbons (Fsp3) is 0.537. The third kappa shape index (κ3) is 21.4. The highest BCUT2D eigenvalue weighted by molar-refractivity contribution is 7.13. The number of aromatic nitrogens is 2. The van der Waals surface area contributed by atoms with Gasteiger partial charge < -0.3 is 64.8 Å². The number of hydrogen-bond donors (Lipinski definition) is 6. The van der Waals surface area contributed by atoms with Gasteiger partial charge >= 0.3 is 6.18 Å². The van der Waals surface area contributed by atoms with Gasteiger partial charge in [-0.2, -0.15) is 13.2 Å². The lowest BCUT2D eigenvalue weighted by Crippen LogP contribution is -2.58. The lowest BCUT2D eigenvalue weighted by molar-refractivity contribution is -0.144. The first-order valence-electron chi connectivity index (χ1n) is 32.0. The van der Waals surface area contributed by atoms with Crippen LogP contribution in [0.4, 0.5) is 28.9 Å². The molecular formula is C67H89F4N11O12S. The minimum atomic E-state index is -4.97. The molecule has 28 heteroatoms. The van der Waals surface area contributed by atoms with E-state index in [0.29, 0.717) is 69.9 Å². The smallest absolute Gasteiger partial charge is 0.391 e. The molecule has 0 unspecified atom stereocenters. The van der Waals surface area contributed by atoms with Crippen molar-refractivity contribution in [3.63, 3.8) is 0 Å². The number of alkyl halides is 3. The number of pyridine rings is 1. The molecule has 0 radical (unpaired) electrons. The monoisotopic (exact) mass is 1350 g/mol. The molecule has 3 aromatic carbocycles. The summed E-state index contributed by atoms with van der Waals surface area (Å²) in [6.45, 7) is 18.8. The van der Waals surface area contributed by atoms with Gasteiger partial charge in [0, 0.05) is 108 Å². The molecule has 3 aliphatic rings. The van der Waals surface area contributed by atoms with E-state index < -0.39 is 75.9 Å². The maximum absolute atomic E-state index is 15.7. The van der Waals surface area contributed by atoms with Crippen LogP contribution in [-0.4, -0.2) is 227 Å². The number of rotatable bonds is 31. The molecule has 518 valence electrons. The number of aliphatic hydroxyl groups excluding tert-OH is 1. The summed E-state index contributed by atoms with van der Waals surface area (Å²) in [4.78, 5) is 96.1. The van der Waals surface area contributed by atoms with Gasteiger partial charge in [0.15, 0.2) is 0 Å². The summed E-state index contributed by atoms with van der Waals surface area (Å²) < 4.78 is 85.5. The number of ether oxygens (including phenoxy) is 5. The summed E-state index contributed by atoms with van der Waals surface area (Å²) in [5.41, 5.74) is 3.06. The van der Waals surface area contributed by atoms with E-state index in [9.17, 15) is 47.0 Å². The molecule has 3 fully saturated rings. The Morgan fingerprint density at radius 1 is 0.758 bits per heavy atom. The predicted molar refractivity (Wildman–Crippen MR) is 351 cm³/mol. The highest BCUT2D eigenvalue weighted by Crippen LogP contribution is 2.37. The Morgan fingerprint density at radius 3 is 1.97 bits per heavy atom. The van der Waals surface area contributed by atoms with Crippen LogP contribution in [0.5, 0.6) is 0 Å². The Kier molecular flexibility index (Phi) is 26.8. The summed E-state index contributed by atoms with van der Waals surface area (Å²) in [5, 5.41) is 21.8. The van der Waals surface area contributed by atoms with Crippen LogP contribution in [0, 0.1) is 18.2 Å². The van der Waals surface area contributed by atoms with Crippen molar-refractivity contribution in [2.24, 2.45) is 5.41 Å². The summed E-state index contributed by atoms with van der Waals surface area (Å²) in [5.74, 6) is -3.22. The highest BCUT2D eigenvalue weighted by atomic mass is 32.1. The maximum Gasteiger partial charge on any atom is 0.417 e. The summed E-state index contributed by atoms with van der Waals surface area (Å²) in [7, 11) is 2.01. The van der Waals surface area contributed by atoms with Crippen molar-refractivity contribution in [2.75, 3.05) is 142 Å². The van der Waals surface area contributed by atoms with E-state index in [0.717, 1.165) is 59.6 Å². The van der Waals surface area contributed by atoms with Crippen LogP contribution in [0.3, 0.4) is 0 Å². The largest absolute Gasteiger partial charge is 0.417 e. The average Bonchev–Trinajstić information content (AvgIpc) is 1.80. The molecule has 3 saturated heterocycles. The number of aryl methyl sites for hydroxylation is 1. The number of nitrogens with one attached hydrogen (secondary N) is 5. The zero-order valence-corrected chi connectivity index (χ0v) is 55.8. The van der Waals surface area contributed by atoms with E-state index in [-0.39, 0.29) is 95.0 Å². The van der Waals surface area contributed by atoms with Crippen LogP contribution in [-0.2, 0) is 62.1 Å². The van der Waals surface area contributed by atoms with E-state index in [1.54, 1.807) is 47.2 Å². The van der Waals surface area contributed by atoms with E-state index >= 15 is 4.39 Å². The topological polar surface area (TPSA) is 262 Å². The van der Waals surface area contributed by atoms with Crippen LogP contribution in [0.15, 0.2) is 83.2 Å². The number of anilines is 2. The molecule has 5 atom stereocenters. The van der Waals surface area contributed by atoms with Crippen LogP contribution in [0.2, 0.25) is 0 Å². The minimum absolute atomic E-state index is 0.0422. The van der Waals surface area contributed by atoms with Gasteiger partial charge in [-0.25, -0.2) is 9.37 Å². The van der Waals surface area contributed by atoms with Crippen molar-refractivity contribution in [3.05, 3.63) is 123 Å². The highest BCUT2D eigenvalue weighted by Gasteiger charge is 2.45. The molecule has 0 bridgehead atoms. The van der Waals surface area contributed by atoms with Gasteiger partial charge in [-0.15, -0.1) is 11.3 Å². The van der Waals surface area contributed by atoms with Gasteiger partial charge in [0.1, 0.15) is 31.1 Å². The second kappa shape index (κ2) is 34.6. The third-order valence-electron chi connectivity index (χ3n) is 17.0. The summed E-state index contributed by atoms with van der Waals surface area (Å²) >= 11 is 1.56. The molecule has 3 aliphatic heterocycles. The molecule has 5 heterocycles. The van der Waals surface area contributed by atoms with Crippen LogP contribution < -0.4 is 31.7 Å². The number of carbonyl (C=O) groups excluding carboxylic acids is 5. The van der Waals surface area contributed by atoms with Crippen molar-refractivity contribution < 1.29 is 70.3 Å². The number of aliphatic hydroxyl groups is 1. The fourth-order valence-electron chi connectivity index (χ4n) is 11.6. The maximum atomic E-state index is 15.7. The van der Waals surface area contributed by atoms with Gasteiger partial charge in [0.2, 0.25) is 29.2 Å². The molecule has 0 spiro atoms. The number of amides is 5. The molecule has 5 amide bonds. The SMILES string of the molecule is Cc1ncsc1-c1ccc(CNC(=O)[C@@H]2C[C@@H](O)CN2C(=O)[C@@H](NC(=O)COCCOCCOCCOCCOCC(=O)NCCN2CCN(Cc3ccc(F)c(-c4ccc(N5C[C@@H](C)N(C)[C@@H](C)C5)c(NC(=O)c5c[nH]c(=O)cc5C(F)(F)F)c4)c3)CC2)C(C)(C)C)cc1. The Bertz CT molecular complexity index is 3420. The number of β-amino-alcohol motifs (C(OH)–C–C–N with tert-alkyl or cyclic N) is 1. The molecular weight excluding hydrogens is 1260 g/mol. The van der Waals surface area contributed by atoms with Crippen molar-refractivity contribution in [1.82, 2.24) is 45.5 Å². The first-order valence-corrected chi connectivity index (χ1v) is 32.9. The molecule has 5 aromatic rings. The summed E-state index contributed by atoms with van der Waals surface area (Å²) in [6, 6.07) is 16.4. The second-order valence-corrected chi connectivity index (χ2v) is 26.1. The number of aromatic amines is 1. The normalized spacial score (nSPS) is 18.6. The molecule has 23 nitrogen and oxygen atoms in total. The number of benzene rings is 3. The van der Waals surface area contributed by atoms with E-state index in [2.05, 4.69) is 59.8 Å². The summed E-state index contributed by atoms with van der Waals surface area (Å²) in [6.07, 6.45) is -5.05. The standard InChI is InChI=1S/C67H89F4N11O12S/c1-43-36-81(37-44(2)78(43)7)56-15-13-49(31-55(56)76-63(87)52-35-73-58(84)33-53(52)67(69,70)71)51-30-47(10-14-54(51)68)38-80-20-18-79(19-21-80)17-16-72-59(85)40-93-28-26-91-24-22-90-23-25-92-27-29-94-41-60(86)77-62(66(4,5)6)65(89)82-39-50(83)32-57(82)64(88)74-34-46-8-11-48(12-9-46)61-45(3)75-42-95-61/h8-15,30-31,33,35,42-44,50,57,62,83H,16-29,32,34,36-41H2,1-7H3,(H,72,85)(H,73,84)(H,74,88)(H,76,87)(H,77,86)/t43-,44+,50-,57+,62-/m1/s1. The zero-order valence-electron chi connectivity index (χ0n) is 55.0. The molecule has 0 saturated carbocycles. The van der Waals surface area contributed by atoms with E-state index in [4.69, 9.17) is 23.7 Å². The van der Waals surface area contributed by atoms with Crippen molar-refractivity contribution in [2.45, 2.75) is 97.5 Å². The number of likely N-dealkylation sites (tertiary alicyclic amines) is 1. The first-order chi connectivity index (χ1) is 45.3. The number of halogens is 4.